The van der Waals surface area contributed by atoms with Gasteiger partial charge in [-0.3, -0.25) is 0 Å². The van der Waals surface area contributed by atoms with Crippen LogP contribution in [0.25, 0.3) is 11.1 Å². The Bertz CT molecular complexity index is 886. The van der Waals surface area contributed by atoms with Gasteiger partial charge in [-0.1, -0.05) is 0 Å². The first-order valence-electron chi connectivity index (χ1n) is 9.92. The molecule has 1 aromatic carbocycles. The smallest absolute Gasteiger partial charge is 0.407 e. The van der Waals surface area contributed by atoms with E-state index >= 15 is 0 Å². The zero-order valence-electron chi connectivity index (χ0n) is 17.5. The van der Waals surface area contributed by atoms with Crippen molar-refractivity contribution in [3.05, 3.63) is 30.1 Å². The number of anilines is 1. The maximum Gasteiger partial charge on any atom is 0.407 e. The summed E-state index contributed by atoms with van der Waals surface area (Å²) in [5.74, 6) is 1.11. The number of hydrogen-bond donors (Lipinski definition) is 2. The van der Waals surface area contributed by atoms with Crippen molar-refractivity contribution >= 4 is 23.2 Å². The Morgan fingerprint density at radius 1 is 1.37 bits per heavy atom. The highest BCUT2D eigenvalue weighted by Gasteiger charge is 2.18. The number of aromatic nitrogens is 1. The summed E-state index contributed by atoms with van der Waals surface area (Å²) < 4.78 is 34.7. The molecule has 30 heavy (non-hydrogen) atoms. The number of hydrogen-bond acceptors (Lipinski definition) is 7. The molecule has 0 radical (unpaired) electrons. The molecule has 0 unspecified atom stereocenters. The maximum atomic E-state index is 13.1. The second-order valence-corrected chi connectivity index (χ2v) is 8.18. The molecule has 0 atom stereocenters. The number of oxazole rings is 1. The monoisotopic (exact) mass is 421 g/mol. The first-order valence-corrected chi connectivity index (χ1v) is 9.92. The van der Waals surface area contributed by atoms with E-state index in [1.165, 1.54) is 0 Å². The van der Waals surface area contributed by atoms with Crippen molar-refractivity contribution in [1.82, 2.24) is 10.3 Å². The Labute approximate surface area is 174 Å². The Morgan fingerprint density at radius 2 is 2.17 bits per heavy atom. The van der Waals surface area contributed by atoms with E-state index < -0.39 is 11.7 Å². The van der Waals surface area contributed by atoms with Crippen molar-refractivity contribution in [2.24, 2.45) is 5.92 Å². The lowest BCUT2D eigenvalue weighted by atomic mass is 10.0. The molecule has 0 spiro atoms. The second-order valence-electron chi connectivity index (χ2n) is 8.18. The topological polar surface area (TPSA) is 94.9 Å². The van der Waals surface area contributed by atoms with Gasteiger partial charge in [0.2, 0.25) is 0 Å². The van der Waals surface area contributed by atoms with E-state index in [1.807, 2.05) is 0 Å². The molecule has 0 aliphatic carbocycles. The summed E-state index contributed by atoms with van der Waals surface area (Å²) in [7, 11) is 0. The number of fused-ring (bicyclic) bond motifs is 1. The first-order chi connectivity index (χ1) is 14.3. The predicted octanol–water partition coefficient (Wildman–Crippen LogP) is 4.03. The molecule has 164 valence electrons. The normalized spacial score (nSPS) is 15.0. The minimum Gasteiger partial charge on any atom is -0.489 e. The van der Waals surface area contributed by atoms with Crippen LogP contribution in [0.5, 0.6) is 5.75 Å². The highest BCUT2D eigenvalue weighted by atomic mass is 19.1. The van der Waals surface area contributed by atoms with Crippen LogP contribution in [0.4, 0.5) is 15.2 Å². The molecule has 1 fully saturated rings. The molecule has 0 bridgehead atoms. The summed E-state index contributed by atoms with van der Waals surface area (Å²) >= 11 is 0. The minimum absolute atomic E-state index is 0.0178. The van der Waals surface area contributed by atoms with Crippen LogP contribution in [0.1, 0.15) is 27.2 Å². The van der Waals surface area contributed by atoms with E-state index in [1.54, 1.807) is 39.0 Å². The van der Waals surface area contributed by atoms with E-state index in [-0.39, 0.29) is 18.7 Å². The van der Waals surface area contributed by atoms with E-state index in [2.05, 4.69) is 15.6 Å². The van der Waals surface area contributed by atoms with Gasteiger partial charge in [0.15, 0.2) is 5.58 Å². The van der Waals surface area contributed by atoms with Crippen molar-refractivity contribution in [3.63, 3.8) is 0 Å². The Morgan fingerprint density at radius 3 is 2.83 bits per heavy atom. The number of benzene rings is 1. The van der Waals surface area contributed by atoms with Crippen LogP contribution in [0.15, 0.2) is 34.5 Å². The van der Waals surface area contributed by atoms with Crippen LogP contribution < -0.4 is 15.4 Å². The van der Waals surface area contributed by atoms with Crippen molar-refractivity contribution in [2.45, 2.75) is 32.8 Å². The van der Waals surface area contributed by atoms with Crippen molar-refractivity contribution in [1.29, 1.82) is 0 Å². The Balaban J connectivity index is 1.47. The van der Waals surface area contributed by atoms with E-state index in [0.717, 1.165) is 26.2 Å². The molecule has 8 nitrogen and oxygen atoms in total. The number of amides is 1. The van der Waals surface area contributed by atoms with Gasteiger partial charge in [-0.15, -0.1) is 0 Å². The van der Waals surface area contributed by atoms with Gasteiger partial charge in [-0.25, -0.2) is 9.18 Å². The van der Waals surface area contributed by atoms with Crippen LogP contribution in [-0.2, 0) is 9.47 Å². The van der Waals surface area contributed by atoms with Crippen molar-refractivity contribution in [3.8, 4) is 5.75 Å². The SMILES string of the molecule is CC(C)(C)OC(=O)NCC(=CF)COc1ccc2nc(NCCC3COC3)oc2c1. The number of halogens is 1. The summed E-state index contributed by atoms with van der Waals surface area (Å²) in [5.41, 5.74) is 0.914. The first kappa shape index (κ1) is 21.9. The summed E-state index contributed by atoms with van der Waals surface area (Å²) in [6.45, 7) is 7.62. The Kier molecular flexibility index (Phi) is 7.15. The van der Waals surface area contributed by atoms with E-state index in [4.69, 9.17) is 18.6 Å². The average Bonchev–Trinajstić information content (AvgIpc) is 3.04. The Hall–Kier alpha value is -2.81. The quantitative estimate of drug-likeness (QED) is 0.631. The van der Waals surface area contributed by atoms with Gasteiger partial charge < -0.3 is 29.3 Å². The molecule has 0 saturated carbocycles. The van der Waals surface area contributed by atoms with Crippen molar-refractivity contribution < 1.29 is 27.8 Å². The number of carbonyl (C=O) groups excluding carboxylic acids is 1. The van der Waals surface area contributed by atoms with Crippen LogP contribution >= 0.6 is 0 Å². The molecule has 1 aromatic heterocycles. The van der Waals surface area contributed by atoms with Crippen molar-refractivity contribution in [2.75, 3.05) is 38.2 Å². The molecule has 1 saturated heterocycles. The molecule has 2 heterocycles. The molecule has 9 heteroatoms. The molecule has 1 aliphatic heterocycles. The average molecular weight is 421 g/mol. The highest BCUT2D eigenvalue weighted by molar-refractivity contribution is 5.76. The van der Waals surface area contributed by atoms with Gasteiger partial charge in [-0.2, -0.15) is 4.98 Å². The van der Waals surface area contributed by atoms with Crippen LogP contribution in [0.3, 0.4) is 0 Å². The third kappa shape index (κ3) is 6.62. The lowest BCUT2D eigenvalue weighted by Crippen LogP contribution is -2.34. The summed E-state index contributed by atoms with van der Waals surface area (Å²) in [6.07, 6.45) is 0.803. The molecular weight excluding hydrogens is 393 g/mol. The van der Waals surface area contributed by atoms with Gasteiger partial charge in [-0.05, 0) is 39.3 Å². The summed E-state index contributed by atoms with van der Waals surface area (Å²) in [4.78, 5) is 16.1. The zero-order chi connectivity index (χ0) is 21.6. The highest BCUT2D eigenvalue weighted by Crippen LogP contribution is 2.24. The van der Waals surface area contributed by atoms with Gasteiger partial charge in [0.25, 0.3) is 6.01 Å². The molecule has 1 amide bonds. The van der Waals surface area contributed by atoms with Gasteiger partial charge in [0.1, 0.15) is 23.5 Å². The molecule has 1 aliphatic rings. The fourth-order valence-corrected chi connectivity index (χ4v) is 2.70. The third-order valence-corrected chi connectivity index (χ3v) is 4.33. The summed E-state index contributed by atoms with van der Waals surface area (Å²) in [5, 5.41) is 5.67. The van der Waals surface area contributed by atoms with Gasteiger partial charge in [0.05, 0.1) is 19.5 Å². The maximum absolute atomic E-state index is 13.1. The molecule has 2 N–H and O–H groups in total. The van der Waals surface area contributed by atoms with Crippen LogP contribution in [0, 0.1) is 5.92 Å². The minimum atomic E-state index is -0.619. The fraction of sp³-hybridized carbons (Fsp3) is 0.524. The largest absolute Gasteiger partial charge is 0.489 e. The number of nitrogens with zero attached hydrogens (tertiary/aromatic N) is 1. The number of rotatable bonds is 9. The molecule has 2 aromatic rings. The number of alkyl carbamates (subject to hydrolysis) is 1. The molecule has 3 rings (SSSR count). The number of nitrogens with one attached hydrogen (secondary N) is 2. The summed E-state index contributed by atoms with van der Waals surface area (Å²) in [6, 6.07) is 5.66. The fourth-order valence-electron chi connectivity index (χ4n) is 2.70. The van der Waals surface area contributed by atoms with Gasteiger partial charge >= 0.3 is 6.09 Å². The lowest BCUT2D eigenvalue weighted by molar-refractivity contribution is -0.0338. The molecular formula is C21H28FN3O5. The van der Waals surface area contributed by atoms with Gasteiger partial charge in [0, 0.05) is 30.6 Å². The van der Waals surface area contributed by atoms with E-state index in [9.17, 15) is 9.18 Å². The van der Waals surface area contributed by atoms with Crippen LogP contribution in [-0.4, -0.2) is 49.6 Å². The third-order valence-electron chi connectivity index (χ3n) is 4.33. The number of carbonyl (C=O) groups is 1. The standard InChI is InChI=1S/C21H28FN3O5/c1-21(2,3)30-20(26)24-10-15(9-22)13-28-16-4-5-17-18(8-16)29-19(25-17)23-7-6-14-11-27-12-14/h4-5,8-9,14H,6-7,10-13H2,1-3H3,(H,23,25)(H,24,26). The predicted molar refractivity (Wildman–Crippen MR) is 110 cm³/mol. The second kappa shape index (κ2) is 9.80. The zero-order valence-corrected chi connectivity index (χ0v) is 17.5. The van der Waals surface area contributed by atoms with E-state index in [0.29, 0.717) is 35.1 Å². The lowest BCUT2D eigenvalue weighted by Gasteiger charge is -2.25. The van der Waals surface area contributed by atoms with Crippen LogP contribution in [0.2, 0.25) is 0 Å². The number of ether oxygens (including phenoxy) is 3.